The Kier molecular flexibility index (Phi) is 6.02. The van der Waals surface area contributed by atoms with Crippen LogP contribution in [0.2, 0.25) is 5.02 Å². The highest BCUT2D eigenvalue weighted by molar-refractivity contribution is 6.31. The lowest BCUT2D eigenvalue weighted by Crippen LogP contribution is -2.38. The number of aliphatic hydroxyl groups is 1. The van der Waals surface area contributed by atoms with E-state index >= 15 is 0 Å². The second-order valence-corrected chi connectivity index (χ2v) is 7.69. The maximum absolute atomic E-state index is 13.0. The van der Waals surface area contributed by atoms with E-state index in [0.29, 0.717) is 23.0 Å². The molecule has 1 aliphatic heterocycles. The van der Waals surface area contributed by atoms with E-state index in [2.05, 4.69) is 15.3 Å². The molecule has 0 spiro atoms. The van der Waals surface area contributed by atoms with Crippen molar-refractivity contribution in [2.75, 3.05) is 29.9 Å². The molecule has 3 aromatic rings. The summed E-state index contributed by atoms with van der Waals surface area (Å²) in [6.45, 7) is 1.83. The topological polar surface area (TPSA) is 61.3 Å². The molecule has 31 heavy (non-hydrogen) atoms. The van der Waals surface area contributed by atoms with Crippen LogP contribution in [0.4, 0.5) is 24.9 Å². The molecule has 0 unspecified atom stereocenters. The van der Waals surface area contributed by atoms with Crippen molar-refractivity contribution in [2.24, 2.45) is 0 Å². The summed E-state index contributed by atoms with van der Waals surface area (Å²) in [6, 6.07) is 14.4. The summed E-state index contributed by atoms with van der Waals surface area (Å²) in [4.78, 5) is 11.0. The molecule has 162 valence electrons. The number of anilines is 2. The van der Waals surface area contributed by atoms with Gasteiger partial charge in [0, 0.05) is 31.3 Å². The van der Waals surface area contributed by atoms with Gasteiger partial charge in [0.2, 0.25) is 5.95 Å². The average Bonchev–Trinajstić information content (AvgIpc) is 2.70. The van der Waals surface area contributed by atoms with Gasteiger partial charge in [-0.2, -0.15) is 18.2 Å². The molecule has 0 saturated carbocycles. The van der Waals surface area contributed by atoms with Gasteiger partial charge in [-0.25, -0.2) is 4.98 Å². The van der Waals surface area contributed by atoms with Crippen molar-refractivity contribution in [1.29, 1.82) is 0 Å². The quantitative estimate of drug-likeness (QED) is 0.544. The molecule has 2 N–H and O–H groups in total. The fourth-order valence-corrected chi connectivity index (χ4v) is 3.52. The number of hydrogen-bond acceptors (Lipinski definition) is 5. The molecule has 9 heteroatoms. The van der Waals surface area contributed by atoms with Crippen molar-refractivity contribution in [3.8, 4) is 11.3 Å². The van der Waals surface area contributed by atoms with Crippen LogP contribution in [0.15, 0.2) is 54.6 Å². The van der Waals surface area contributed by atoms with Gasteiger partial charge in [-0.15, -0.1) is 0 Å². The number of hydrogen-bond donors (Lipinski definition) is 2. The smallest absolute Gasteiger partial charge is 0.387 e. The third-order valence-corrected chi connectivity index (χ3v) is 5.40. The summed E-state index contributed by atoms with van der Waals surface area (Å²) in [5.41, 5.74) is 0.777. The van der Waals surface area contributed by atoms with E-state index in [1.807, 2.05) is 35.2 Å². The van der Waals surface area contributed by atoms with E-state index in [0.717, 1.165) is 31.1 Å². The molecule has 2 aromatic carbocycles. The van der Waals surface area contributed by atoms with Gasteiger partial charge in [-0.05, 0) is 24.1 Å². The molecule has 1 aliphatic rings. The molecule has 5 nitrogen and oxygen atoms in total. The molecule has 0 radical (unpaired) electrons. The number of halogens is 4. The van der Waals surface area contributed by atoms with Crippen molar-refractivity contribution < 1.29 is 18.3 Å². The van der Waals surface area contributed by atoms with Gasteiger partial charge in [-0.1, -0.05) is 48.0 Å². The predicted octanol–water partition coefficient (Wildman–Crippen LogP) is 5.17. The molecule has 4 rings (SSSR count). The highest BCUT2D eigenvalue weighted by Gasteiger charge is 2.33. The van der Waals surface area contributed by atoms with Gasteiger partial charge in [0.1, 0.15) is 5.82 Å². The monoisotopic (exact) mass is 448 g/mol. The molecule has 1 saturated heterocycles. The number of aliphatic hydroxyl groups excluding tert-OH is 1. The standard InChI is InChI=1S/C22H20ClF3N4O/c23-17-11-15(7-8-16(17)22(24,25)26)18-12-20(29-21(28-18)30-9-4-10-30)27-13-19(31)14-5-2-1-3-6-14/h1-3,5-8,11-12,19,31H,4,9-10,13H2,(H,27,28,29)/t19-/m0/s1. The van der Waals surface area contributed by atoms with E-state index in [9.17, 15) is 18.3 Å². The lowest BCUT2D eigenvalue weighted by molar-refractivity contribution is -0.137. The first-order valence-electron chi connectivity index (χ1n) is 9.79. The molecule has 1 fully saturated rings. The minimum absolute atomic E-state index is 0.216. The zero-order chi connectivity index (χ0) is 22.0. The Morgan fingerprint density at radius 1 is 1.06 bits per heavy atom. The van der Waals surface area contributed by atoms with Gasteiger partial charge < -0.3 is 15.3 Å². The Hall–Kier alpha value is -2.84. The van der Waals surface area contributed by atoms with E-state index in [1.165, 1.54) is 12.1 Å². The number of benzene rings is 2. The van der Waals surface area contributed by atoms with Crippen molar-refractivity contribution in [2.45, 2.75) is 18.7 Å². The predicted molar refractivity (Wildman–Crippen MR) is 114 cm³/mol. The maximum atomic E-state index is 13.0. The number of alkyl halides is 3. The summed E-state index contributed by atoms with van der Waals surface area (Å²) in [6.07, 6.45) is -4.24. The zero-order valence-corrected chi connectivity index (χ0v) is 17.2. The van der Waals surface area contributed by atoms with Crippen LogP contribution in [0.3, 0.4) is 0 Å². The molecule has 1 aromatic heterocycles. The third-order valence-electron chi connectivity index (χ3n) is 5.08. The average molecular weight is 449 g/mol. The number of nitrogens with one attached hydrogen (secondary N) is 1. The van der Waals surface area contributed by atoms with E-state index < -0.39 is 17.8 Å². The van der Waals surface area contributed by atoms with Crippen LogP contribution in [0, 0.1) is 0 Å². The van der Waals surface area contributed by atoms with Crippen LogP contribution < -0.4 is 10.2 Å². The van der Waals surface area contributed by atoms with Crippen molar-refractivity contribution in [3.63, 3.8) is 0 Å². The van der Waals surface area contributed by atoms with Crippen molar-refractivity contribution in [1.82, 2.24) is 9.97 Å². The Bertz CT molecular complexity index is 1060. The lowest BCUT2D eigenvalue weighted by atomic mass is 10.1. The Balaban J connectivity index is 1.61. The Morgan fingerprint density at radius 3 is 2.42 bits per heavy atom. The molecule has 0 amide bonds. The fraction of sp³-hybridized carbons (Fsp3) is 0.273. The van der Waals surface area contributed by atoms with Gasteiger partial charge in [0.05, 0.1) is 22.4 Å². The van der Waals surface area contributed by atoms with Gasteiger partial charge in [0.15, 0.2) is 0 Å². The first kappa shape index (κ1) is 21.4. The van der Waals surface area contributed by atoms with Crippen molar-refractivity contribution in [3.05, 3.63) is 70.7 Å². The Morgan fingerprint density at radius 2 is 1.81 bits per heavy atom. The molecule has 0 aliphatic carbocycles. The van der Waals surface area contributed by atoms with Gasteiger partial charge >= 0.3 is 6.18 Å². The summed E-state index contributed by atoms with van der Waals surface area (Å²) in [5.74, 6) is 0.953. The largest absolute Gasteiger partial charge is 0.417 e. The van der Waals surface area contributed by atoms with Crippen LogP contribution >= 0.6 is 11.6 Å². The van der Waals surface area contributed by atoms with Gasteiger partial charge in [-0.3, -0.25) is 0 Å². The van der Waals surface area contributed by atoms with Crippen LogP contribution in [0.5, 0.6) is 0 Å². The first-order chi connectivity index (χ1) is 14.8. The van der Waals surface area contributed by atoms with Crippen LogP contribution in [-0.4, -0.2) is 34.7 Å². The zero-order valence-electron chi connectivity index (χ0n) is 16.4. The maximum Gasteiger partial charge on any atom is 0.417 e. The molecule has 2 heterocycles. The number of rotatable bonds is 6. The second-order valence-electron chi connectivity index (χ2n) is 7.28. The molecule has 0 bridgehead atoms. The summed E-state index contributed by atoms with van der Waals surface area (Å²) < 4.78 is 39.1. The number of nitrogens with zero attached hydrogens (tertiary/aromatic N) is 3. The highest BCUT2D eigenvalue weighted by atomic mass is 35.5. The van der Waals surface area contributed by atoms with Crippen molar-refractivity contribution >= 4 is 23.4 Å². The first-order valence-corrected chi connectivity index (χ1v) is 10.2. The van der Waals surface area contributed by atoms with Crippen LogP contribution in [-0.2, 0) is 6.18 Å². The van der Waals surface area contributed by atoms with E-state index in [-0.39, 0.29) is 11.6 Å². The highest BCUT2D eigenvalue weighted by Crippen LogP contribution is 2.37. The Labute approximate surface area is 182 Å². The third kappa shape index (κ3) is 4.91. The summed E-state index contributed by atoms with van der Waals surface area (Å²) >= 11 is 5.89. The molecular formula is C22H20ClF3N4O. The van der Waals surface area contributed by atoms with Gasteiger partial charge in [0.25, 0.3) is 0 Å². The van der Waals surface area contributed by atoms with Crippen LogP contribution in [0.1, 0.15) is 23.7 Å². The minimum Gasteiger partial charge on any atom is -0.387 e. The SMILES string of the molecule is O[C@@H](CNc1cc(-c2ccc(C(F)(F)F)c(Cl)c2)nc(N2CCC2)n1)c1ccccc1. The molecule has 1 atom stereocenters. The normalized spacial score (nSPS) is 14.8. The van der Waals surface area contributed by atoms with E-state index in [4.69, 9.17) is 11.6 Å². The summed E-state index contributed by atoms with van der Waals surface area (Å²) in [7, 11) is 0. The van der Waals surface area contributed by atoms with E-state index in [1.54, 1.807) is 6.07 Å². The second kappa shape index (κ2) is 8.72. The lowest BCUT2D eigenvalue weighted by Gasteiger charge is -2.31. The minimum atomic E-state index is -4.52. The molecular weight excluding hydrogens is 429 g/mol. The van der Waals surface area contributed by atoms with Crippen LogP contribution in [0.25, 0.3) is 11.3 Å². The summed E-state index contributed by atoms with van der Waals surface area (Å²) in [5, 5.41) is 13.1. The fourth-order valence-electron chi connectivity index (χ4n) is 3.23. The number of aromatic nitrogens is 2.